The second-order valence-electron chi connectivity index (χ2n) is 2.53. The Morgan fingerprint density at radius 1 is 1.21 bits per heavy atom. The second-order valence-corrected chi connectivity index (χ2v) is 3.91. The summed E-state index contributed by atoms with van der Waals surface area (Å²) in [6.45, 7) is 1.36. The third-order valence-corrected chi connectivity index (χ3v) is 2.40. The molecule has 4 nitrogen and oxygen atoms in total. The van der Waals surface area contributed by atoms with Crippen LogP contribution in [0.1, 0.15) is 17.3 Å². The van der Waals surface area contributed by atoms with Crippen LogP contribution in [0.5, 0.6) is 0 Å². The molecule has 0 aliphatic carbocycles. The van der Waals surface area contributed by atoms with Gasteiger partial charge in [0, 0.05) is 5.56 Å². The Morgan fingerprint density at radius 2 is 1.64 bits per heavy atom. The standard InChI is InChI=1S/C8H8O4S.Na/c1-6(9)7-2-4-8(5-3-7)13(10,11)12;/h2-5H,1H3,(H,10,11,12);/q;+1/p-1. The van der Waals surface area contributed by atoms with Crippen LogP contribution in [0.4, 0.5) is 0 Å². The van der Waals surface area contributed by atoms with Gasteiger partial charge in [0.05, 0.1) is 4.90 Å². The Labute approximate surface area is 104 Å². The fourth-order valence-electron chi connectivity index (χ4n) is 0.856. The summed E-state index contributed by atoms with van der Waals surface area (Å²) in [5.74, 6) is -0.171. The predicted molar refractivity (Wildman–Crippen MR) is 44.4 cm³/mol. The van der Waals surface area contributed by atoms with E-state index in [1.54, 1.807) is 0 Å². The Morgan fingerprint density at radius 3 is 1.93 bits per heavy atom. The minimum absolute atomic E-state index is 0. The molecule has 0 amide bonds. The van der Waals surface area contributed by atoms with Gasteiger partial charge in [-0.3, -0.25) is 4.79 Å². The number of hydrogen-bond acceptors (Lipinski definition) is 4. The molecular weight excluding hydrogens is 215 g/mol. The number of carbonyl (C=O) groups is 1. The van der Waals surface area contributed by atoms with Crippen molar-refractivity contribution in [1.82, 2.24) is 0 Å². The van der Waals surface area contributed by atoms with Gasteiger partial charge in [-0.1, -0.05) is 12.1 Å². The second kappa shape index (κ2) is 5.04. The third kappa shape index (κ3) is 3.51. The van der Waals surface area contributed by atoms with Crippen LogP contribution < -0.4 is 29.6 Å². The van der Waals surface area contributed by atoms with Crippen molar-refractivity contribution >= 4 is 15.9 Å². The molecule has 0 bridgehead atoms. The average Bonchev–Trinajstić information content (AvgIpc) is 2.03. The maximum absolute atomic E-state index is 10.8. The molecule has 0 N–H and O–H groups in total. The molecule has 70 valence electrons. The van der Waals surface area contributed by atoms with Crippen molar-refractivity contribution < 1.29 is 47.3 Å². The van der Waals surface area contributed by atoms with Gasteiger partial charge < -0.3 is 4.55 Å². The zero-order valence-corrected chi connectivity index (χ0v) is 10.7. The van der Waals surface area contributed by atoms with Gasteiger partial charge in [0.15, 0.2) is 5.78 Å². The van der Waals surface area contributed by atoms with E-state index < -0.39 is 10.1 Å². The van der Waals surface area contributed by atoms with Crippen LogP contribution in [0.3, 0.4) is 0 Å². The van der Waals surface area contributed by atoms with E-state index in [0.29, 0.717) is 5.56 Å². The van der Waals surface area contributed by atoms with Crippen LogP contribution in [0.25, 0.3) is 0 Å². The molecule has 0 saturated carbocycles. The molecule has 0 atom stereocenters. The molecule has 0 saturated heterocycles. The van der Waals surface area contributed by atoms with Crippen LogP contribution >= 0.6 is 0 Å². The van der Waals surface area contributed by atoms with Crippen molar-refractivity contribution in [2.75, 3.05) is 0 Å². The molecule has 0 aliphatic rings. The van der Waals surface area contributed by atoms with Crippen LogP contribution in [0.2, 0.25) is 0 Å². The van der Waals surface area contributed by atoms with Crippen LogP contribution in [0.15, 0.2) is 29.2 Å². The number of carbonyl (C=O) groups excluding carboxylic acids is 1. The van der Waals surface area contributed by atoms with Gasteiger partial charge in [-0.2, -0.15) is 0 Å². The van der Waals surface area contributed by atoms with Gasteiger partial charge >= 0.3 is 29.6 Å². The predicted octanol–water partition coefficient (Wildman–Crippen LogP) is -2.20. The zero-order valence-electron chi connectivity index (χ0n) is 7.85. The quantitative estimate of drug-likeness (QED) is 0.323. The van der Waals surface area contributed by atoms with E-state index in [0.717, 1.165) is 12.1 Å². The summed E-state index contributed by atoms with van der Waals surface area (Å²) in [4.78, 5) is 10.5. The summed E-state index contributed by atoms with van der Waals surface area (Å²) in [7, 11) is -4.41. The van der Waals surface area contributed by atoms with Crippen LogP contribution in [-0.2, 0) is 10.1 Å². The van der Waals surface area contributed by atoms with Gasteiger partial charge in [-0.05, 0) is 19.1 Å². The van der Waals surface area contributed by atoms with Crippen molar-refractivity contribution in [2.45, 2.75) is 11.8 Å². The summed E-state index contributed by atoms with van der Waals surface area (Å²) in [6.07, 6.45) is 0. The largest absolute Gasteiger partial charge is 1.00 e. The molecule has 14 heavy (non-hydrogen) atoms. The van der Waals surface area contributed by atoms with E-state index in [2.05, 4.69) is 0 Å². The van der Waals surface area contributed by atoms with E-state index in [9.17, 15) is 17.8 Å². The SMILES string of the molecule is CC(=O)c1ccc(S(=O)(=O)[O-])cc1.[Na+]. The number of rotatable bonds is 2. The number of Topliss-reactive ketones (excluding diaryl/α,β-unsaturated/α-hetero) is 1. The van der Waals surface area contributed by atoms with Gasteiger partial charge in [-0.25, -0.2) is 8.42 Å². The fraction of sp³-hybridized carbons (Fsp3) is 0.125. The molecule has 0 aliphatic heterocycles. The van der Waals surface area contributed by atoms with Crippen molar-refractivity contribution in [1.29, 1.82) is 0 Å². The van der Waals surface area contributed by atoms with Crippen LogP contribution in [0, 0.1) is 0 Å². The van der Waals surface area contributed by atoms with Crippen molar-refractivity contribution in [3.8, 4) is 0 Å². The minimum Gasteiger partial charge on any atom is -0.744 e. The topological polar surface area (TPSA) is 74.3 Å². The van der Waals surface area contributed by atoms with Gasteiger partial charge in [-0.15, -0.1) is 0 Å². The maximum Gasteiger partial charge on any atom is 1.00 e. The first-order chi connectivity index (χ1) is 5.91. The summed E-state index contributed by atoms with van der Waals surface area (Å²) in [5, 5.41) is 0. The van der Waals surface area contributed by atoms with Gasteiger partial charge in [0.2, 0.25) is 0 Å². The Hall–Kier alpha value is -0.200. The van der Waals surface area contributed by atoms with E-state index in [-0.39, 0.29) is 40.2 Å². The molecule has 0 aromatic heterocycles. The molecule has 1 rings (SSSR count). The maximum atomic E-state index is 10.8. The monoisotopic (exact) mass is 222 g/mol. The van der Waals surface area contributed by atoms with Crippen molar-refractivity contribution in [2.24, 2.45) is 0 Å². The number of ketones is 1. The zero-order chi connectivity index (χ0) is 10.1. The smallest absolute Gasteiger partial charge is 0.744 e. The first-order valence-corrected chi connectivity index (χ1v) is 4.89. The third-order valence-electron chi connectivity index (χ3n) is 1.55. The number of benzene rings is 1. The van der Waals surface area contributed by atoms with E-state index >= 15 is 0 Å². The molecule has 0 heterocycles. The molecule has 6 heteroatoms. The Balaban J connectivity index is 0.00000169. The molecule has 1 aromatic rings. The Kier molecular flexibility index (Phi) is 4.97. The van der Waals surface area contributed by atoms with E-state index in [1.807, 2.05) is 0 Å². The fourth-order valence-corrected chi connectivity index (χ4v) is 1.33. The van der Waals surface area contributed by atoms with E-state index in [4.69, 9.17) is 0 Å². The normalized spacial score (nSPS) is 10.4. The molecule has 0 fully saturated rings. The van der Waals surface area contributed by atoms with Crippen LogP contribution in [-0.4, -0.2) is 18.8 Å². The first-order valence-electron chi connectivity index (χ1n) is 3.48. The first kappa shape index (κ1) is 13.8. The van der Waals surface area contributed by atoms with Gasteiger partial charge in [0.25, 0.3) is 0 Å². The summed E-state index contributed by atoms with van der Waals surface area (Å²) < 4.78 is 31.4. The van der Waals surface area contributed by atoms with E-state index in [1.165, 1.54) is 19.1 Å². The summed E-state index contributed by atoms with van der Waals surface area (Å²) in [5.41, 5.74) is 0.382. The van der Waals surface area contributed by atoms with Gasteiger partial charge in [0.1, 0.15) is 10.1 Å². The molecule has 0 radical (unpaired) electrons. The van der Waals surface area contributed by atoms with Crippen molar-refractivity contribution in [3.63, 3.8) is 0 Å². The molecule has 1 aromatic carbocycles. The molecule has 0 spiro atoms. The average molecular weight is 222 g/mol. The number of hydrogen-bond donors (Lipinski definition) is 0. The minimum atomic E-state index is -4.41. The summed E-state index contributed by atoms with van der Waals surface area (Å²) in [6, 6.07) is 4.87. The van der Waals surface area contributed by atoms with Crippen molar-refractivity contribution in [3.05, 3.63) is 29.8 Å². The molecular formula is C8H7NaO4S. The summed E-state index contributed by atoms with van der Waals surface area (Å²) >= 11 is 0. The Bertz CT molecular complexity index is 421. The molecule has 0 unspecified atom stereocenters.